The van der Waals surface area contributed by atoms with E-state index in [1.54, 1.807) is 6.20 Å². The molecule has 1 aromatic carbocycles. The Hall–Kier alpha value is -2.24. The van der Waals surface area contributed by atoms with E-state index in [0.717, 1.165) is 29.6 Å². The third-order valence-corrected chi connectivity index (χ3v) is 4.00. The van der Waals surface area contributed by atoms with Gasteiger partial charge in [0.15, 0.2) is 0 Å². The third-order valence-electron chi connectivity index (χ3n) is 4.00. The highest BCUT2D eigenvalue weighted by Crippen LogP contribution is 2.36. The number of carbonyl (C=O) groups is 1. The summed E-state index contributed by atoms with van der Waals surface area (Å²) in [6.45, 7) is 3.29. The van der Waals surface area contributed by atoms with Crippen LogP contribution in [0.4, 0.5) is 11.4 Å². The number of aromatic amines is 1. The second kappa shape index (κ2) is 3.88. The van der Waals surface area contributed by atoms with E-state index < -0.39 is 5.41 Å². The molecule has 6 nitrogen and oxygen atoms in total. The molecule has 0 bridgehead atoms. The Labute approximate surface area is 110 Å². The standard InChI is InChI=1S/C13H17N5O/c1-13(12(15)19)2-3-18(7-13)11-5-10-8(4-9(11)14)6-16-17-10/h4-6H,2-3,7,14H2,1H3,(H2,15,19)(H,16,17). The lowest BCUT2D eigenvalue weighted by atomic mass is 9.89. The van der Waals surface area contributed by atoms with Crippen molar-refractivity contribution in [3.05, 3.63) is 18.3 Å². The van der Waals surface area contributed by atoms with Crippen molar-refractivity contribution in [3.8, 4) is 0 Å². The van der Waals surface area contributed by atoms with E-state index in [4.69, 9.17) is 11.5 Å². The summed E-state index contributed by atoms with van der Waals surface area (Å²) in [6.07, 6.45) is 2.50. The minimum absolute atomic E-state index is 0.254. The van der Waals surface area contributed by atoms with Gasteiger partial charge in [-0.3, -0.25) is 9.89 Å². The molecule has 6 heteroatoms. The van der Waals surface area contributed by atoms with E-state index in [0.29, 0.717) is 12.2 Å². The number of aromatic nitrogens is 2. The van der Waals surface area contributed by atoms with Gasteiger partial charge in [0, 0.05) is 18.5 Å². The number of carbonyl (C=O) groups excluding carboxylic acids is 1. The lowest BCUT2D eigenvalue weighted by Gasteiger charge is -2.23. The molecule has 5 N–H and O–H groups in total. The first-order valence-corrected chi connectivity index (χ1v) is 6.27. The van der Waals surface area contributed by atoms with Gasteiger partial charge in [-0.15, -0.1) is 0 Å². The Morgan fingerprint density at radius 1 is 1.53 bits per heavy atom. The van der Waals surface area contributed by atoms with Crippen molar-refractivity contribution >= 4 is 28.2 Å². The Bertz CT molecular complexity index is 650. The summed E-state index contributed by atoms with van der Waals surface area (Å²) in [5, 5.41) is 7.91. The molecular formula is C13H17N5O. The monoisotopic (exact) mass is 259 g/mol. The zero-order chi connectivity index (χ0) is 13.6. The van der Waals surface area contributed by atoms with Crippen LogP contribution in [0.15, 0.2) is 18.3 Å². The molecule has 100 valence electrons. The molecule has 1 fully saturated rings. The quantitative estimate of drug-likeness (QED) is 0.696. The highest BCUT2D eigenvalue weighted by Gasteiger charge is 2.39. The molecule has 1 aliphatic heterocycles. The lowest BCUT2D eigenvalue weighted by molar-refractivity contribution is -0.125. The number of anilines is 2. The van der Waals surface area contributed by atoms with Gasteiger partial charge < -0.3 is 16.4 Å². The summed E-state index contributed by atoms with van der Waals surface area (Å²) in [4.78, 5) is 13.6. The molecule has 1 aromatic heterocycles. The minimum atomic E-state index is -0.477. The largest absolute Gasteiger partial charge is 0.397 e. The first-order chi connectivity index (χ1) is 8.99. The van der Waals surface area contributed by atoms with Gasteiger partial charge >= 0.3 is 0 Å². The number of H-pyrrole nitrogens is 1. The molecular weight excluding hydrogens is 242 g/mol. The van der Waals surface area contributed by atoms with Crippen molar-refractivity contribution < 1.29 is 4.79 Å². The van der Waals surface area contributed by atoms with Crippen molar-refractivity contribution in [2.45, 2.75) is 13.3 Å². The van der Waals surface area contributed by atoms with Crippen LogP contribution in [0, 0.1) is 5.41 Å². The molecule has 0 aliphatic carbocycles. The van der Waals surface area contributed by atoms with Crippen LogP contribution in [0.5, 0.6) is 0 Å². The summed E-state index contributed by atoms with van der Waals surface area (Å²) in [5.74, 6) is -0.254. The average molecular weight is 259 g/mol. The summed E-state index contributed by atoms with van der Waals surface area (Å²) >= 11 is 0. The number of nitrogen functional groups attached to an aromatic ring is 1. The fraction of sp³-hybridized carbons (Fsp3) is 0.385. The van der Waals surface area contributed by atoms with Gasteiger partial charge in [-0.05, 0) is 25.5 Å². The number of benzene rings is 1. The number of nitrogens with two attached hydrogens (primary N) is 2. The number of rotatable bonds is 2. The van der Waals surface area contributed by atoms with Gasteiger partial charge in [-0.25, -0.2) is 0 Å². The minimum Gasteiger partial charge on any atom is -0.397 e. The Kier molecular flexibility index (Phi) is 2.41. The molecule has 0 saturated carbocycles. The summed E-state index contributed by atoms with van der Waals surface area (Å²) < 4.78 is 0. The topological polar surface area (TPSA) is 101 Å². The molecule has 1 saturated heterocycles. The van der Waals surface area contributed by atoms with Gasteiger partial charge in [0.05, 0.1) is 28.5 Å². The fourth-order valence-corrected chi connectivity index (χ4v) is 2.64. The normalized spacial score (nSPS) is 23.1. The number of primary amides is 1. The van der Waals surface area contributed by atoms with E-state index in [1.807, 2.05) is 19.1 Å². The van der Waals surface area contributed by atoms with Crippen LogP contribution in [0.3, 0.4) is 0 Å². The fourth-order valence-electron chi connectivity index (χ4n) is 2.64. The third kappa shape index (κ3) is 1.80. The first-order valence-electron chi connectivity index (χ1n) is 6.27. The number of nitrogens with one attached hydrogen (secondary N) is 1. The van der Waals surface area contributed by atoms with Gasteiger partial charge in [0.2, 0.25) is 5.91 Å². The predicted molar refractivity (Wildman–Crippen MR) is 74.6 cm³/mol. The van der Waals surface area contributed by atoms with Crippen LogP contribution < -0.4 is 16.4 Å². The number of amides is 1. The maximum absolute atomic E-state index is 11.5. The predicted octanol–water partition coefficient (Wildman–Crippen LogP) is 0.847. The smallest absolute Gasteiger partial charge is 0.225 e. The molecule has 19 heavy (non-hydrogen) atoms. The number of hydrogen-bond acceptors (Lipinski definition) is 4. The van der Waals surface area contributed by atoms with Crippen molar-refractivity contribution in [1.82, 2.24) is 10.2 Å². The lowest BCUT2D eigenvalue weighted by Crippen LogP contribution is -2.37. The van der Waals surface area contributed by atoms with Gasteiger partial charge in [-0.1, -0.05) is 0 Å². The average Bonchev–Trinajstić information content (AvgIpc) is 2.95. The summed E-state index contributed by atoms with van der Waals surface area (Å²) in [5.41, 5.74) is 13.7. The van der Waals surface area contributed by atoms with E-state index in [2.05, 4.69) is 15.1 Å². The summed E-state index contributed by atoms with van der Waals surface area (Å²) in [7, 11) is 0. The van der Waals surface area contributed by atoms with Crippen LogP contribution in [0.2, 0.25) is 0 Å². The van der Waals surface area contributed by atoms with Crippen LogP contribution in [0.1, 0.15) is 13.3 Å². The molecule has 2 aromatic rings. The SMILES string of the molecule is CC1(C(N)=O)CCN(c2cc3[nH]ncc3cc2N)C1. The van der Waals surface area contributed by atoms with Crippen molar-refractivity contribution in [3.63, 3.8) is 0 Å². The van der Waals surface area contributed by atoms with E-state index in [1.165, 1.54) is 0 Å². The van der Waals surface area contributed by atoms with Gasteiger partial charge in [0.1, 0.15) is 0 Å². The zero-order valence-electron chi connectivity index (χ0n) is 10.8. The second-order valence-electron chi connectivity index (χ2n) is 5.46. The van der Waals surface area contributed by atoms with Crippen molar-refractivity contribution in [2.75, 3.05) is 23.7 Å². The molecule has 1 aliphatic rings. The number of nitrogens with zero attached hydrogens (tertiary/aromatic N) is 2. The van der Waals surface area contributed by atoms with Gasteiger partial charge in [0.25, 0.3) is 0 Å². The van der Waals surface area contributed by atoms with Gasteiger partial charge in [-0.2, -0.15) is 5.10 Å². The molecule has 0 radical (unpaired) electrons. The molecule has 1 atom stereocenters. The maximum Gasteiger partial charge on any atom is 0.225 e. The number of fused-ring (bicyclic) bond motifs is 1. The number of hydrogen-bond donors (Lipinski definition) is 3. The summed E-state index contributed by atoms with van der Waals surface area (Å²) in [6, 6.07) is 3.87. The van der Waals surface area contributed by atoms with Crippen LogP contribution >= 0.6 is 0 Å². The first kappa shape index (κ1) is 11.8. The Morgan fingerprint density at radius 2 is 2.32 bits per heavy atom. The van der Waals surface area contributed by atoms with Crippen LogP contribution in [-0.4, -0.2) is 29.2 Å². The van der Waals surface area contributed by atoms with Crippen LogP contribution in [-0.2, 0) is 4.79 Å². The molecule has 2 heterocycles. The van der Waals surface area contributed by atoms with Crippen molar-refractivity contribution in [1.29, 1.82) is 0 Å². The second-order valence-corrected chi connectivity index (χ2v) is 5.46. The Morgan fingerprint density at radius 3 is 3.00 bits per heavy atom. The highest BCUT2D eigenvalue weighted by molar-refractivity contribution is 5.90. The van der Waals surface area contributed by atoms with Crippen molar-refractivity contribution in [2.24, 2.45) is 11.1 Å². The molecule has 1 amide bonds. The Balaban J connectivity index is 1.97. The zero-order valence-corrected chi connectivity index (χ0v) is 10.8. The maximum atomic E-state index is 11.5. The molecule has 1 unspecified atom stereocenters. The van der Waals surface area contributed by atoms with E-state index >= 15 is 0 Å². The van der Waals surface area contributed by atoms with E-state index in [-0.39, 0.29) is 5.91 Å². The molecule has 0 spiro atoms. The molecule has 3 rings (SSSR count). The highest BCUT2D eigenvalue weighted by atomic mass is 16.1. The van der Waals surface area contributed by atoms with E-state index in [9.17, 15) is 4.79 Å². The van der Waals surface area contributed by atoms with Crippen LogP contribution in [0.25, 0.3) is 10.9 Å².